The number of aromatic nitrogens is 1. The number of aryl methyl sites for hydroxylation is 1. The summed E-state index contributed by atoms with van der Waals surface area (Å²) in [4.78, 5) is 4.94. The van der Waals surface area contributed by atoms with Crippen molar-refractivity contribution in [3.8, 4) is 0 Å². The Kier molecular flexibility index (Phi) is 3.88. The smallest absolute Gasteiger partial charge is 0.0758 e. The van der Waals surface area contributed by atoms with E-state index in [2.05, 4.69) is 37.4 Å². The van der Waals surface area contributed by atoms with Crippen molar-refractivity contribution >= 4 is 16.6 Å². The first-order valence-corrected chi connectivity index (χ1v) is 7.60. The van der Waals surface area contributed by atoms with Crippen molar-refractivity contribution in [3.05, 3.63) is 35.0 Å². The minimum atomic E-state index is 0.681. The maximum Gasteiger partial charge on any atom is 0.0758 e. The summed E-state index contributed by atoms with van der Waals surface area (Å²) in [5, 5.41) is 4.83. The third-order valence-electron chi connectivity index (χ3n) is 3.95. The van der Waals surface area contributed by atoms with Crippen molar-refractivity contribution in [2.45, 2.75) is 39.7 Å². The molecule has 106 valence electrons. The van der Waals surface area contributed by atoms with Crippen LogP contribution in [0.25, 0.3) is 10.9 Å². The van der Waals surface area contributed by atoms with Crippen molar-refractivity contribution in [3.63, 3.8) is 0 Å². The lowest BCUT2D eigenvalue weighted by molar-refractivity contribution is 0.110. The van der Waals surface area contributed by atoms with Gasteiger partial charge in [-0.1, -0.05) is 32.0 Å². The topological polar surface area (TPSA) is 34.2 Å². The highest BCUT2D eigenvalue weighted by molar-refractivity contribution is 5.95. The van der Waals surface area contributed by atoms with Crippen molar-refractivity contribution in [1.29, 1.82) is 0 Å². The van der Waals surface area contributed by atoms with Crippen LogP contribution >= 0.6 is 0 Å². The second-order valence-electron chi connectivity index (χ2n) is 5.31. The summed E-state index contributed by atoms with van der Waals surface area (Å²) >= 11 is 0. The summed E-state index contributed by atoms with van der Waals surface area (Å²) in [7, 11) is 0. The molecule has 0 fully saturated rings. The monoisotopic (exact) mass is 270 g/mol. The molecule has 1 aliphatic rings. The molecule has 0 atom stereocenters. The number of hydrogen-bond acceptors (Lipinski definition) is 3. The fourth-order valence-electron chi connectivity index (χ4n) is 2.88. The lowest BCUT2D eigenvalue weighted by atomic mass is 9.99. The largest absolute Gasteiger partial charge is 0.384 e. The van der Waals surface area contributed by atoms with Gasteiger partial charge in [0.2, 0.25) is 0 Å². The summed E-state index contributed by atoms with van der Waals surface area (Å²) < 4.78 is 5.64. The van der Waals surface area contributed by atoms with Crippen LogP contribution in [0.2, 0.25) is 0 Å². The predicted molar refractivity (Wildman–Crippen MR) is 83.3 cm³/mol. The van der Waals surface area contributed by atoms with Gasteiger partial charge in [-0.05, 0) is 18.4 Å². The quantitative estimate of drug-likeness (QED) is 0.920. The Morgan fingerprint density at radius 1 is 1.30 bits per heavy atom. The summed E-state index contributed by atoms with van der Waals surface area (Å²) in [6, 6.07) is 6.50. The van der Waals surface area contributed by atoms with E-state index in [1.165, 1.54) is 27.9 Å². The van der Waals surface area contributed by atoms with Crippen LogP contribution in [0.1, 0.15) is 37.1 Å². The van der Waals surface area contributed by atoms with Gasteiger partial charge in [-0.3, -0.25) is 4.98 Å². The molecule has 0 bridgehead atoms. The number of anilines is 1. The van der Waals surface area contributed by atoms with Gasteiger partial charge in [0.05, 0.1) is 30.1 Å². The normalized spacial score (nSPS) is 14.3. The summed E-state index contributed by atoms with van der Waals surface area (Å²) in [5.41, 5.74) is 6.20. The molecule has 3 rings (SSSR count). The number of fused-ring (bicyclic) bond motifs is 2. The molecule has 1 aliphatic heterocycles. The molecule has 0 amide bonds. The van der Waals surface area contributed by atoms with E-state index in [-0.39, 0.29) is 0 Å². The van der Waals surface area contributed by atoms with Crippen LogP contribution in [-0.4, -0.2) is 18.1 Å². The highest BCUT2D eigenvalue weighted by atomic mass is 16.5. The number of hydrogen-bond donors (Lipinski definition) is 1. The van der Waals surface area contributed by atoms with E-state index in [4.69, 9.17) is 9.72 Å². The van der Waals surface area contributed by atoms with Gasteiger partial charge in [0, 0.05) is 23.9 Å². The van der Waals surface area contributed by atoms with Crippen LogP contribution < -0.4 is 5.32 Å². The van der Waals surface area contributed by atoms with Gasteiger partial charge < -0.3 is 10.1 Å². The molecule has 0 aliphatic carbocycles. The molecular weight excluding hydrogens is 248 g/mol. The minimum Gasteiger partial charge on any atom is -0.384 e. The zero-order chi connectivity index (χ0) is 13.9. The third-order valence-corrected chi connectivity index (χ3v) is 3.95. The molecule has 0 radical (unpaired) electrons. The minimum absolute atomic E-state index is 0.681. The van der Waals surface area contributed by atoms with E-state index in [0.717, 1.165) is 37.9 Å². The van der Waals surface area contributed by atoms with E-state index in [0.29, 0.717) is 6.61 Å². The molecule has 1 N–H and O–H groups in total. The first-order valence-electron chi connectivity index (χ1n) is 7.60. The summed E-state index contributed by atoms with van der Waals surface area (Å²) in [6.45, 7) is 6.84. The van der Waals surface area contributed by atoms with Crippen LogP contribution in [-0.2, 0) is 24.2 Å². The van der Waals surface area contributed by atoms with Gasteiger partial charge in [-0.15, -0.1) is 0 Å². The Bertz CT molecular complexity index is 622. The molecule has 0 spiro atoms. The van der Waals surface area contributed by atoms with Crippen molar-refractivity contribution in [2.24, 2.45) is 0 Å². The fourth-order valence-corrected chi connectivity index (χ4v) is 2.88. The van der Waals surface area contributed by atoms with Gasteiger partial charge in [-0.2, -0.15) is 0 Å². The molecule has 0 saturated heterocycles. The highest BCUT2D eigenvalue weighted by Crippen LogP contribution is 2.33. The Morgan fingerprint density at radius 2 is 2.20 bits per heavy atom. The number of nitrogens with one attached hydrogen (secondary N) is 1. The van der Waals surface area contributed by atoms with E-state index >= 15 is 0 Å². The van der Waals surface area contributed by atoms with Gasteiger partial charge in [0.1, 0.15) is 0 Å². The summed E-state index contributed by atoms with van der Waals surface area (Å²) in [5.74, 6) is 0. The number of para-hydroxylation sites is 1. The molecule has 3 heteroatoms. The maximum atomic E-state index is 5.64. The van der Waals surface area contributed by atoms with Gasteiger partial charge in [0.15, 0.2) is 0 Å². The van der Waals surface area contributed by atoms with Gasteiger partial charge in [-0.25, -0.2) is 0 Å². The highest BCUT2D eigenvalue weighted by Gasteiger charge is 2.19. The fraction of sp³-hybridized carbons (Fsp3) is 0.471. The predicted octanol–water partition coefficient (Wildman–Crippen LogP) is 3.69. The molecule has 3 nitrogen and oxygen atoms in total. The number of rotatable bonds is 4. The zero-order valence-electron chi connectivity index (χ0n) is 12.3. The zero-order valence-corrected chi connectivity index (χ0v) is 12.3. The Labute approximate surface area is 120 Å². The maximum absolute atomic E-state index is 5.64. The molecule has 2 aromatic rings. The first kappa shape index (κ1) is 13.4. The SMILES string of the molecule is CCCNc1c2c(nc3c(CC)cccc13)CCOC2. The molecule has 0 unspecified atom stereocenters. The molecule has 20 heavy (non-hydrogen) atoms. The first-order chi connectivity index (χ1) is 9.85. The molecule has 1 aromatic carbocycles. The average molecular weight is 270 g/mol. The van der Waals surface area contributed by atoms with Crippen LogP contribution in [0.4, 0.5) is 5.69 Å². The molecular formula is C17H22N2O. The van der Waals surface area contributed by atoms with E-state index in [1.54, 1.807) is 0 Å². The van der Waals surface area contributed by atoms with Crippen LogP contribution in [0.15, 0.2) is 18.2 Å². The average Bonchev–Trinajstić information content (AvgIpc) is 2.51. The molecule has 0 saturated carbocycles. The Morgan fingerprint density at radius 3 is 3.00 bits per heavy atom. The van der Waals surface area contributed by atoms with E-state index < -0.39 is 0 Å². The van der Waals surface area contributed by atoms with Crippen LogP contribution in [0, 0.1) is 0 Å². The molecule has 1 aromatic heterocycles. The second-order valence-corrected chi connectivity index (χ2v) is 5.31. The lowest BCUT2D eigenvalue weighted by Gasteiger charge is -2.22. The molecule has 2 heterocycles. The van der Waals surface area contributed by atoms with Gasteiger partial charge in [0.25, 0.3) is 0 Å². The second kappa shape index (κ2) is 5.80. The Balaban J connectivity index is 2.24. The number of ether oxygens (including phenoxy) is 1. The number of benzene rings is 1. The van der Waals surface area contributed by atoms with E-state index in [9.17, 15) is 0 Å². The Hall–Kier alpha value is -1.61. The van der Waals surface area contributed by atoms with Gasteiger partial charge >= 0.3 is 0 Å². The van der Waals surface area contributed by atoms with Crippen LogP contribution in [0.5, 0.6) is 0 Å². The van der Waals surface area contributed by atoms with Crippen LogP contribution in [0.3, 0.4) is 0 Å². The standard InChI is InChI=1S/C17H22N2O/c1-3-9-18-17-13-7-5-6-12(4-2)16(13)19-15-8-10-20-11-14(15)17/h5-7H,3-4,8-11H2,1-2H3,(H,18,19). The van der Waals surface area contributed by atoms with Crippen molar-refractivity contribution in [1.82, 2.24) is 4.98 Å². The lowest BCUT2D eigenvalue weighted by Crippen LogP contribution is -2.16. The third kappa shape index (κ3) is 2.27. The number of pyridine rings is 1. The van der Waals surface area contributed by atoms with Crippen molar-refractivity contribution < 1.29 is 4.74 Å². The van der Waals surface area contributed by atoms with Crippen molar-refractivity contribution in [2.75, 3.05) is 18.5 Å². The summed E-state index contributed by atoms with van der Waals surface area (Å²) in [6.07, 6.45) is 3.06. The number of nitrogens with zero attached hydrogens (tertiary/aromatic N) is 1. The van der Waals surface area contributed by atoms with E-state index in [1.807, 2.05) is 0 Å².